The maximum Gasteiger partial charge on any atom is 0.173 e. The Morgan fingerprint density at radius 2 is 0.567 bits per heavy atom. The molecule has 12 rings (SSSR count). The number of nitrogens with zero attached hydrogens (tertiary/aromatic N) is 2. The Balaban J connectivity index is 1.11. The summed E-state index contributed by atoms with van der Waals surface area (Å²) in [6.45, 7) is 0. The Labute approximate surface area is 358 Å². The van der Waals surface area contributed by atoms with E-state index < -0.39 is 7.14 Å². The van der Waals surface area contributed by atoms with Gasteiger partial charge < -0.3 is 14.4 Å². The average molecular weight is 823 g/mol. The zero-order valence-corrected chi connectivity index (χ0v) is 34.8. The number of anilines is 6. The Morgan fingerprint density at radius 3 is 0.950 bits per heavy atom. The predicted octanol–water partition coefficient (Wildman–Crippen LogP) is 14.5. The van der Waals surface area contributed by atoms with Crippen LogP contribution in [0.4, 0.5) is 34.1 Å². The average Bonchev–Trinajstić information content (AvgIpc) is 3.59. The minimum absolute atomic E-state index is 0.829. The topological polar surface area (TPSA) is 23.6 Å². The molecular formula is C54H35N2OPS2. The molecule has 3 nitrogen and oxygen atoms in total. The second-order valence-corrected chi connectivity index (χ2v) is 19.9. The molecule has 0 N–H and O–H groups in total. The van der Waals surface area contributed by atoms with Crippen LogP contribution in [0.15, 0.2) is 232 Å². The van der Waals surface area contributed by atoms with Gasteiger partial charge in [-0.1, -0.05) is 175 Å². The van der Waals surface area contributed by atoms with Gasteiger partial charge in [0.2, 0.25) is 0 Å². The molecule has 0 bridgehead atoms. The molecule has 60 heavy (non-hydrogen) atoms. The van der Waals surface area contributed by atoms with Crippen molar-refractivity contribution in [2.45, 2.75) is 19.6 Å². The summed E-state index contributed by atoms with van der Waals surface area (Å²) < 4.78 is 17.2. The SMILES string of the molecule is O=P1(c2ccccc2)c2c(-c3ccccc3N3c4ccccc4Sc4ccccc43)cccc2-c2cccc(-c3ccccc3N3c4ccccc4Sc4ccccc43)c21. The lowest BCUT2D eigenvalue weighted by Crippen LogP contribution is -2.24. The molecule has 0 saturated heterocycles. The maximum atomic E-state index is 17.2. The molecule has 9 aromatic carbocycles. The first-order valence-electron chi connectivity index (χ1n) is 20.1. The van der Waals surface area contributed by atoms with Crippen LogP contribution >= 0.6 is 30.7 Å². The fourth-order valence-electron chi connectivity index (χ4n) is 9.36. The molecule has 3 aliphatic rings. The minimum Gasteiger partial charge on any atom is -0.309 e. The number of para-hydroxylation sites is 6. The van der Waals surface area contributed by atoms with Gasteiger partial charge in [0.25, 0.3) is 0 Å². The molecule has 284 valence electrons. The third-order valence-electron chi connectivity index (χ3n) is 11.8. The first-order valence-corrected chi connectivity index (χ1v) is 23.5. The third-order valence-corrected chi connectivity index (χ3v) is 17.4. The normalized spacial score (nSPS) is 14.0. The number of fused-ring (bicyclic) bond motifs is 7. The van der Waals surface area contributed by atoms with Crippen LogP contribution in [0.3, 0.4) is 0 Å². The molecule has 3 heterocycles. The molecular weight excluding hydrogens is 788 g/mol. The third kappa shape index (κ3) is 5.30. The van der Waals surface area contributed by atoms with Crippen LogP contribution in [-0.4, -0.2) is 0 Å². The standard InChI is InChI=1S/C54H35N2OPS2/c57-58(36-18-2-1-3-19-36)53-39(37-20-4-6-26-43(37)55-45-28-8-12-32-49(45)59-50-33-13-9-29-46(50)55)22-16-24-41(53)42-25-17-23-40(54(42)58)38-21-5-7-27-44(38)56-47-30-10-14-34-51(47)60-52-35-15-11-31-48(52)56/h1-35H. The van der Waals surface area contributed by atoms with Crippen LogP contribution in [-0.2, 0) is 4.57 Å². The lowest BCUT2D eigenvalue weighted by molar-refractivity contribution is 0.593. The summed E-state index contributed by atoms with van der Waals surface area (Å²) in [7, 11) is -3.54. The Morgan fingerprint density at radius 1 is 0.283 bits per heavy atom. The number of rotatable bonds is 5. The molecule has 0 amide bonds. The molecule has 0 aliphatic carbocycles. The first-order chi connectivity index (χ1) is 29.7. The van der Waals surface area contributed by atoms with Gasteiger partial charge in [-0.25, -0.2) is 0 Å². The van der Waals surface area contributed by atoms with Crippen molar-refractivity contribution in [2.75, 3.05) is 9.80 Å². The molecule has 0 aromatic heterocycles. The van der Waals surface area contributed by atoms with Gasteiger partial charge >= 0.3 is 0 Å². The van der Waals surface area contributed by atoms with E-state index in [-0.39, 0.29) is 0 Å². The van der Waals surface area contributed by atoms with Gasteiger partial charge in [0, 0.05) is 46.6 Å². The monoisotopic (exact) mass is 822 g/mol. The van der Waals surface area contributed by atoms with E-state index in [4.69, 9.17) is 0 Å². The van der Waals surface area contributed by atoms with Crippen LogP contribution in [0, 0.1) is 0 Å². The highest BCUT2D eigenvalue weighted by Gasteiger charge is 2.45. The molecule has 0 unspecified atom stereocenters. The largest absolute Gasteiger partial charge is 0.309 e. The van der Waals surface area contributed by atoms with E-state index in [0.717, 1.165) is 83.4 Å². The minimum atomic E-state index is -3.54. The van der Waals surface area contributed by atoms with E-state index in [0.29, 0.717) is 0 Å². The lowest BCUT2D eigenvalue weighted by atomic mass is 9.94. The van der Waals surface area contributed by atoms with E-state index in [2.05, 4.69) is 204 Å². The molecule has 0 atom stereocenters. The van der Waals surface area contributed by atoms with E-state index >= 15 is 4.57 Å². The molecule has 0 radical (unpaired) electrons. The van der Waals surface area contributed by atoms with Crippen molar-refractivity contribution < 1.29 is 4.57 Å². The summed E-state index contributed by atoms with van der Waals surface area (Å²) in [5.74, 6) is 0. The highest BCUT2D eigenvalue weighted by atomic mass is 32.2. The van der Waals surface area contributed by atoms with Crippen LogP contribution in [0.1, 0.15) is 0 Å². The van der Waals surface area contributed by atoms with Crippen molar-refractivity contribution in [1.82, 2.24) is 0 Å². The summed E-state index contributed by atoms with van der Waals surface area (Å²) >= 11 is 3.61. The quantitative estimate of drug-likeness (QED) is 0.161. The van der Waals surface area contributed by atoms with Gasteiger partial charge in [-0.3, -0.25) is 0 Å². The predicted molar refractivity (Wildman–Crippen MR) is 253 cm³/mol. The van der Waals surface area contributed by atoms with Gasteiger partial charge in [-0.2, -0.15) is 0 Å². The lowest BCUT2D eigenvalue weighted by Gasteiger charge is -2.34. The van der Waals surface area contributed by atoms with Crippen LogP contribution in [0.25, 0.3) is 33.4 Å². The van der Waals surface area contributed by atoms with E-state index in [1.165, 1.54) is 19.6 Å². The Kier molecular flexibility index (Phi) is 8.31. The van der Waals surface area contributed by atoms with Crippen molar-refractivity contribution in [2.24, 2.45) is 0 Å². The highest BCUT2D eigenvalue weighted by Crippen LogP contribution is 2.60. The molecule has 3 aliphatic heterocycles. The van der Waals surface area contributed by atoms with Crippen molar-refractivity contribution in [3.8, 4) is 33.4 Å². The van der Waals surface area contributed by atoms with Gasteiger partial charge in [-0.15, -0.1) is 0 Å². The van der Waals surface area contributed by atoms with Gasteiger partial charge in [0.15, 0.2) is 7.14 Å². The summed E-state index contributed by atoms with van der Waals surface area (Å²) in [6.07, 6.45) is 0. The van der Waals surface area contributed by atoms with E-state index in [9.17, 15) is 0 Å². The zero-order valence-electron chi connectivity index (χ0n) is 32.3. The summed E-state index contributed by atoms with van der Waals surface area (Å²) in [6, 6.07) is 75.0. The maximum absolute atomic E-state index is 17.2. The Bertz CT molecular complexity index is 2950. The number of hydrogen-bond acceptors (Lipinski definition) is 5. The van der Waals surface area contributed by atoms with Crippen LogP contribution < -0.4 is 25.7 Å². The summed E-state index contributed by atoms with van der Waals surface area (Å²) in [5.41, 5.74) is 12.7. The van der Waals surface area contributed by atoms with Crippen molar-refractivity contribution in [3.63, 3.8) is 0 Å². The van der Waals surface area contributed by atoms with Gasteiger partial charge in [0.1, 0.15) is 0 Å². The van der Waals surface area contributed by atoms with Gasteiger partial charge in [-0.05, 0) is 82.9 Å². The smallest absolute Gasteiger partial charge is 0.173 e. The fourth-order valence-corrected chi connectivity index (χ4v) is 14.9. The first kappa shape index (κ1) is 35.5. The molecule has 0 saturated carbocycles. The molecule has 0 fully saturated rings. The van der Waals surface area contributed by atoms with Crippen molar-refractivity contribution in [1.29, 1.82) is 0 Å². The second kappa shape index (κ2) is 14.1. The van der Waals surface area contributed by atoms with Crippen molar-refractivity contribution >= 4 is 80.7 Å². The number of hydrogen-bond donors (Lipinski definition) is 0. The fraction of sp³-hybridized carbons (Fsp3) is 0. The number of benzene rings is 9. The van der Waals surface area contributed by atoms with Crippen LogP contribution in [0.2, 0.25) is 0 Å². The van der Waals surface area contributed by atoms with Gasteiger partial charge in [0.05, 0.1) is 34.1 Å². The molecule has 6 heteroatoms. The Hall–Kier alpha value is -6.49. The second-order valence-electron chi connectivity index (χ2n) is 15.1. The van der Waals surface area contributed by atoms with E-state index in [1.807, 2.05) is 18.2 Å². The van der Waals surface area contributed by atoms with Crippen molar-refractivity contribution in [3.05, 3.63) is 212 Å². The molecule has 0 spiro atoms. The summed E-state index contributed by atoms with van der Waals surface area (Å²) in [5, 5.41) is 2.61. The molecule has 9 aromatic rings. The van der Waals surface area contributed by atoms with Crippen LogP contribution in [0.5, 0.6) is 0 Å². The zero-order chi connectivity index (χ0) is 39.8. The van der Waals surface area contributed by atoms with E-state index in [1.54, 1.807) is 23.5 Å². The summed E-state index contributed by atoms with van der Waals surface area (Å²) in [4.78, 5) is 9.58. The highest BCUT2D eigenvalue weighted by molar-refractivity contribution is 8.00.